The molecule has 6 heteroatoms. The molecule has 22 heavy (non-hydrogen) atoms. The van der Waals surface area contributed by atoms with Crippen molar-refractivity contribution in [3.8, 4) is 0 Å². The predicted octanol–water partition coefficient (Wildman–Crippen LogP) is 1.97. The van der Waals surface area contributed by atoms with Gasteiger partial charge in [0.2, 0.25) is 11.8 Å². The lowest BCUT2D eigenvalue weighted by Crippen LogP contribution is -2.39. The first kappa shape index (κ1) is 16.8. The van der Waals surface area contributed by atoms with Crippen LogP contribution in [0, 0.1) is 5.82 Å². The summed E-state index contributed by atoms with van der Waals surface area (Å²) in [4.78, 5) is 22.5. The lowest BCUT2D eigenvalue weighted by atomic mass is 9.79. The molecule has 0 atom stereocenters. The van der Waals surface area contributed by atoms with Crippen molar-refractivity contribution < 1.29 is 14.0 Å². The molecule has 0 spiro atoms. The largest absolute Gasteiger partial charge is 0.369 e. The molecule has 1 aliphatic rings. The van der Waals surface area contributed by atoms with Gasteiger partial charge < -0.3 is 11.1 Å². The highest BCUT2D eigenvalue weighted by Gasteiger charge is 2.35. The lowest BCUT2D eigenvalue weighted by Gasteiger charge is -2.30. The van der Waals surface area contributed by atoms with Crippen molar-refractivity contribution in [3.05, 3.63) is 35.6 Å². The Morgan fingerprint density at radius 2 is 1.82 bits per heavy atom. The zero-order valence-electron chi connectivity index (χ0n) is 12.4. The van der Waals surface area contributed by atoms with Crippen LogP contribution in [0.2, 0.25) is 0 Å². The first-order valence-electron chi connectivity index (χ1n) is 7.41. The monoisotopic (exact) mass is 324 g/mol. The van der Waals surface area contributed by atoms with Crippen LogP contribution in [0.4, 0.5) is 4.39 Å². The van der Waals surface area contributed by atoms with E-state index in [1.165, 1.54) is 23.9 Å². The second kappa shape index (κ2) is 7.63. The minimum Gasteiger partial charge on any atom is -0.369 e. The molecule has 0 bridgehead atoms. The number of thioether (sulfide) groups is 1. The zero-order valence-corrected chi connectivity index (χ0v) is 13.3. The maximum atomic E-state index is 13.1. The zero-order chi connectivity index (χ0) is 16.0. The number of hydrogen-bond acceptors (Lipinski definition) is 3. The minimum atomic E-state index is -0.420. The molecule has 0 heterocycles. The fourth-order valence-corrected chi connectivity index (χ4v) is 3.58. The molecular formula is C16H21FN2O2S. The number of amides is 2. The Bertz CT molecular complexity index is 527. The number of halogens is 1. The van der Waals surface area contributed by atoms with Crippen LogP contribution in [0.5, 0.6) is 0 Å². The number of nitrogens with one attached hydrogen (secondary N) is 1. The van der Waals surface area contributed by atoms with E-state index in [9.17, 15) is 14.0 Å². The van der Waals surface area contributed by atoms with E-state index in [2.05, 4.69) is 5.32 Å². The highest BCUT2D eigenvalue weighted by molar-refractivity contribution is 8.00. The Kier molecular flexibility index (Phi) is 5.83. The van der Waals surface area contributed by atoms with Gasteiger partial charge in [0.25, 0.3) is 0 Å². The second-order valence-corrected chi connectivity index (χ2v) is 6.72. The third kappa shape index (κ3) is 4.47. The first-order valence-corrected chi connectivity index (χ1v) is 8.56. The van der Waals surface area contributed by atoms with Gasteiger partial charge in [-0.25, -0.2) is 4.39 Å². The summed E-state index contributed by atoms with van der Waals surface area (Å²) in [6, 6.07) is 6.57. The molecule has 0 radical (unpaired) electrons. The summed E-state index contributed by atoms with van der Waals surface area (Å²) in [5, 5.41) is 2.95. The van der Waals surface area contributed by atoms with Gasteiger partial charge in [-0.1, -0.05) is 25.0 Å². The Labute approximate surface area is 134 Å². The van der Waals surface area contributed by atoms with E-state index in [0.717, 1.165) is 31.2 Å². The summed E-state index contributed by atoms with van der Waals surface area (Å²) in [6.07, 6.45) is 4.22. The Balaban J connectivity index is 1.93. The molecule has 2 rings (SSSR count). The molecule has 1 aromatic rings. The van der Waals surface area contributed by atoms with E-state index in [4.69, 9.17) is 5.73 Å². The molecule has 2 amide bonds. The molecule has 120 valence electrons. The van der Waals surface area contributed by atoms with Gasteiger partial charge in [0, 0.05) is 12.0 Å². The van der Waals surface area contributed by atoms with E-state index >= 15 is 0 Å². The number of carbonyl (C=O) groups excluding carboxylic acids is 2. The van der Waals surface area contributed by atoms with Crippen LogP contribution >= 0.6 is 11.8 Å². The van der Waals surface area contributed by atoms with Crippen LogP contribution in [0.3, 0.4) is 0 Å². The highest BCUT2D eigenvalue weighted by Crippen LogP contribution is 2.40. The third-order valence-electron chi connectivity index (χ3n) is 4.12. The fourth-order valence-electron chi connectivity index (χ4n) is 2.99. The topological polar surface area (TPSA) is 72.2 Å². The summed E-state index contributed by atoms with van der Waals surface area (Å²) in [7, 11) is 0. The predicted molar refractivity (Wildman–Crippen MR) is 86.1 cm³/mol. The van der Waals surface area contributed by atoms with Crippen LogP contribution in [0.15, 0.2) is 24.3 Å². The molecule has 0 unspecified atom stereocenters. The van der Waals surface area contributed by atoms with Crippen LogP contribution in [-0.4, -0.2) is 29.9 Å². The number of primary amides is 1. The normalized spacial score (nSPS) is 16.4. The second-order valence-electron chi connectivity index (χ2n) is 5.73. The molecule has 1 aromatic carbocycles. The van der Waals surface area contributed by atoms with Gasteiger partial charge in [-0.2, -0.15) is 0 Å². The van der Waals surface area contributed by atoms with E-state index in [1.807, 2.05) is 12.1 Å². The molecule has 1 saturated carbocycles. The van der Waals surface area contributed by atoms with Crippen molar-refractivity contribution in [1.82, 2.24) is 5.32 Å². The Hall–Kier alpha value is -1.56. The van der Waals surface area contributed by atoms with Gasteiger partial charge in [0.15, 0.2) is 0 Å². The number of rotatable bonds is 7. The van der Waals surface area contributed by atoms with E-state index in [0.29, 0.717) is 6.54 Å². The summed E-state index contributed by atoms with van der Waals surface area (Å²) >= 11 is 1.21. The molecular weight excluding hydrogens is 303 g/mol. The van der Waals surface area contributed by atoms with Crippen molar-refractivity contribution in [2.45, 2.75) is 31.1 Å². The van der Waals surface area contributed by atoms with E-state index in [1.54, 1.807) is 0 Å². The van der Waals surface area contributed by atoms with Gasteiger partial charge >= 0.3 is 0 Å². The lowest BCUT2D eigenvalue weighted by molar-refractivity contribution is -0.118. The molecule has 4 nitrogen and oxygen atoms in total. The first-order chi connectivity index (χ1) is 10.5. The van der Waals surface area contributed by atoms with Gasteiger partial charge in [0.05, 0.1) is 11.5 Å². The molecule has 0 aromatic heterocycles. The van der Waals surface area contributed by atoms with Crippen LogP contribution in [0.25, 0.3) is 0 Å². The van der Waals surface area contributed by atoms with E-state index in [-0.39, 0.29) is 28.6 Å². The van der Waals surface area contributed by atoms with Crippen molar-refractivity contribution in [1.29, 1.82) is 0 Å². The standard InChI is InChI=1S/C16H21FN2O2S/c17-13-5-3-12(4-6-13)16(7-1-2-8-16)11-19-15(21)10-22-9-14(18)20/h3-6H,1-2,7-11H2,(H2,18,20)(H,19,21). The maximum absolute atomic E-state index is 13.1. The van der Waals surface area contributed by atoms with Crippen molar-refractivity contribution in [2.75, 3.05) is 18.1 Å². The van der Waals surface area contributed by atoms with Crippen LogP contribution in [-0.2, 0) is 15.0 Å². The number of benzene rings is 1. The van der Waals surface area contributed by atoms with Crippen molar-refractivity contribution in [3.63, 3.8) is 0 Å². The van der Waals surface area contributed by atoms with Gasteiger partial charge in [-0.3, -0.25) is 9.59 Å². The molecule has 1 fully saturated rings. The SMILES string of the molecule is NC(=O)CSCC(=O)NCC1(c2ccc(F)cc2)CCCC1. The van der Waals surface area contributed by atoms with Crippen molar-refractivity contribution >= 4 is 23.6 Å². The average molecular weight is 324 g/mol. The molecule has 3 N–H and O–H groups in total. The number of carbonyl (C=O) groups is 2. The number of hydrogen-bond donors (Lipinski definition) is 2. The third-order valence-corrected chi connectivity index (χ3v) is 5.07. The van der Waals surface area contributed by atoms with Gasteiger partial charge in [-0.05, 0) is 30.5 Å². The summed E-state index contributed by atoms with van der Waals surface area (Å²) in [5.41, 5.74) is 6.02. The van der Waals surface area contributed by atoms with Crippen molar-refractivity contribution in [2.24, 2.45) is 5.73 Å². The molecule has 1 aliphatic carbocycles. The van der Waals surface area contributed by atoms with Gasteiger partial charge in [-0.15, -0.1) is 11.8 Å². The fraction of sp³-hybridized carbons (Fsp3) is 0.500. The maximum Gasteiger partial charge on any atom is 0.230 e. The smallest absolute Gasteiger partial charge is 0.230 e. The molecule has 0 saturated heterocycles. The van der Waals surface area contributed by atoms with E-state index < -0.39 is 5.91 Å². The average Bonchev–Trinajstić information content (AvgIpc) is 2.95. The van der Waals surface area contributed by atoms with Gasteiger partial charge in [0.1, 0.15) is 5.82 Å². The van der Waals surface area contributed by atoms with Crippen LogP contribution in [0.1, 0.15) is 31.2 Å². The molecule has 0 aliphatic heterocycles. The summed E-state index contributed by atoms with van der Waals surface area (Å²) < 4.78 is 13.1. The minimum absolute atomic E-state index is 0.0976. The Morgan fingerprint density at radius 1 is 1.18 bits per heavy atom. The summed E-state index contributed by atoms with van der Waals surface area (Å²) in [6.45, 7) is 0.550. The number of nitrogens with two attached hydrogens (primary N) is 1. The summed E-state index contributed by atoms with van der Waals surface area (Å²) in [5.74, 6) is -0.390. The quantitative estimate of drug-likeness (QED) is 0.805. The van der Waals surface area contributed by atoms with Crippen LogP contribution < -0.4 is 11.1 Å². The Morgan fingerprint density at radius 3 is 2.41 bits per heavy atom. The highest BCUT2D eigenvalue weighted by atomic mass is 32.2.